The van der Waals surface area contributed by atoms with E-state index in [0.29, 0.717) is 12.2 Å². The Bertz CT molecular complexity index is 743. The summed E-state index contributed by atoms with van der Waals surface area (Å²) in [7, 11) is 0. The molecule has 134 valence electrons. The fourth-order valence-corrected chi connectivity index (χ4v) is 3.43. The minimum atomic E-state index is -0.798. The highest BCUT2D eigenvalue weighted by Crippen LogP contribution is 2.32. The van der Waals surface area contributed by atoms with Gasteiger partial charge in [-0.3, -0.25) is 14.4 Å². The molecule has 7 heteroatoms. The molecule has 0 bridgehead atoms. The lowest BCUT2D eigenvalue weighted by Gasteiger charge is -2.24. The summed E-state index contributed by atoms with van der Waals surface area (Å²) in [4.78, 5) is 22.3. The van der Waals surface area contributed by atoms with E-state index in [0.717, 1.165) is 43.9 Å². The summed E-state index contributed by atoms with van der Waals surface area (Å²) in [6.07, 6.45) is 6.78. The molecule has 0 aromatic carbocycles. The van der Waals surface area contributed by atoms with Crippen molar-refractivity contribution >= 4 is 5.97 Å². The van der Waals surface area contributed by atoms with Gasteiger partial charge in [0.25, 0.3) is 0 Å². The number of rotatable bonds is 7. The van der Waals surface area contributed by atoms with Gasteiger partial charge in [-0.25, -0.2) is 9.97 Å². The average molecular weight is 343 g/mol. The van der Waals surface area contributed by atoms with Crippen LogP contribution in [-0.2, 0) is 24.3 Å². The van der Waals surface area contributed by atoms with Crippen molar-refractivity contribution in [2.45, 2.75) is 58.7 Å². The number of nitrogens with zero attached hydrogens (tertiary/aromatic N) is 5. The number of hydrogen-bond acceptors (Lipinski definition) is 5. The van der Waals surface area contributed by atoms with E-state index in [1.807, 2.05) is 23.9 Å². The maximum Gasteiger partial charge on any atom is 0.303 e. The molecule has 3 heterocycles. The highest BCUT2D eigenvalue weighted by molar-refractivity contribution is 5.66. The van der Waals surface area contributed by atoms with Crippen molar-refractivity contribution < 1.29 is 9.90 Å². The van der Waals surface area contributed by atoms with Crippen LogP contribution in [-0.4, -0.2) is 42.3 Å². The summed E-state index contributed by atoms with van der Waals surface area (Å²) >= 11 is 0. The van der Waals surface area contributed by atoms with E-state index in [2.05, 4.69) is 33.1 Å². The smallest absolute Gasteiger partial charge is 0.303 e. The molecule has 25 heavy (non-hydrogen) atoms. The van der Waals surface area contributed by atoms with Gasteiger partial charge in [-0.15, -0.1) is 0 Å². The van der Waals surface area contributed by atoms with Crippen molar-refractivity contribution in [1.82, 2.24) is 24.6 Å². The zero-order valence-electron chi connectivity index (χ0n) is 14.9. The summed E-state index contributed by atoms with van der Waals surface area (Å²) in [5.41, 5.74) is 3.04. The summed E-state index contributed by atoms with van der Waals surface area (Å²) in [5, 5.41) is 13.2. The predicted molar refractivity (Wildman–Crippen MR) is 93.0 cm³/mol. The lowest BCUT2D eigenvalue weighted by Crippen LogP contribution is -2.24. The fraction of sp³-hybridized carbons (Fsp3) is 0.556. The lowest BCUT2D eigenvalue weighted by molar-refractivity contribution is -0.136. The van der Waals surface area contributed by atoms with Crippen LogP contribution in [0.1, 0.15) is 55.0 Å². The Morgan fingerprint density at radius 2 is 2.24 bits per heavy atom. The molecule has 1 fully saturated rings. The lowest BCUT2D eigenvalue weighted by atomic mass is 10.1. The third kappa shape index (κ3) is 4.42. The van der Waals surface area contributed by atoms with Crippen molar-refractivity contribution in [2.75, 3.05) is 6.54 Å². The quantitative estimate of drug-likeness (QED) is 0.831. The zero-order chi connectivity index (χ0) is 17.8. The van der Waals surface area contributed by atoms with E-state index >= 15 is 0 Å². The van der Waals surface area contributed by atoms with Crippen molar-refractivity contribution in [2.24, 2.45) is 0 Å². The molecule has 1 aliphatic rings. The Kier molecular flexibility index (Phi) is 5.43. The van der Waals surface area contributed by atoms with E-state index < -0.39 is 5.97 Å². The molecule has 0 saturated carbocycles. The minimum Gasteiger partial charge on any atom is -0.481 e. The van der Waals surface area contributed by atoms with E-state index in [4.69, 9.17) is 5.11 Å². The zero-order valence-corrected chi connectivity index (χ0v) is 14.9. The summed E-state index contributed by atoms with van der Waals surface area (Å²) in [5.74, 6) is -0.0863. The molecule has 1 N–H and O–H groups in total. The molecule has 1 atom stereocenters. The number of likely N-dealkylation sites (tertiary alicyclic amines) is 1. The van der Waals surface area contributed by atoms with Gasteiger partial charge in [0, 0.05) is 37.0 Å². The molecular weight excluding hydrogens is 318 g/mol. The number of hydrogen-bond donors (Lipinski definition) is 1. The van der Waals surface area contributed by atoms with Crippen LogP contribution in [0.5, 0.6) is 0 Å². The van der Waals surface area contributed by atoms with Gasteiger partial charge in [0.05, 0.1) is 24.4 Å². The van der Waals surface area contributed by atoms with Gasteiger partial charge in [-0.05, 0) is 39.3 Å². The second kappa shape index (κ2) is 7.74. The monoisotopic (exact) mass is 343 g/mol. The highest BCUT2D eigenvalue weighted by Gasteiger charge is 2.28. The molecule has 1 saturated heterocycles. The average Bonchev–Trinajstić information content (AvgIpc) is 3.22. The number of aromatic nitrogens is 4. The SMILES string of the molecule is CCn1cc(CN2CCC[C@@H]2c2cc(CCC(=O)O)nc(C)n2)cn1. The van der Waals surface area contributed by atoms with Gasteiger partial charge in [0.2, 0.25) is 0 Å². The van der Waals surface area contributed by atoms with Gasteiger partial charge in [0.1, 0.15) is 5.82 Å². The number of aliphatic carboxylic acids is 1. The highest BCUT2D eigenvalue weighted by atomic mass is 16.4. The first-order valence-corrected chi connectivity index (χ1v) is 8.86. The molecule has 0 spiro atoms. The summed E-state index contributed by atoms with van der Waals surface area (Å²) in [6, 6.07) is 2.24. The standard InChI is InChI=1S/C18H25N5O2/c1-3-23-12-14(10-19-23)11-22-8-4-5-17(22)16-9-15(6-7-18(24)25)20-13(2)21-16/h9-10,12,17H,3-8,11H2,1-2H3,(H,24,25)/t17-/m1/s1. The largest absolute Gasteiger partial charge is 0.481 e. The van der Waals surface area contributed by atoms with E-state index in [-0.39, 0.29) is 12.5 Å². The number of aryl methyl sites for hydroxylation is 3. The Hall–Kier alpha value is -2.28. The van der Waals surface area contributed by atoms with Gasteiger partial charge in [0.15, 0.2) is 0 Å². The Labute approximate surface area is 147 Å². The van der Waals surface area contributed by atoms with Gasteiger partial charge in [-0.1, -0.05) is 0 Å². The van der Waals surface area contributed by atoms with Crippen LogP contribution in [0, 0.1) is 6.92 Å². The molecular formula is C18H25N5O2. The first-order chi connectivity index (χ1) is 12.0. The molecule has 2 aromatic rings. The molecule has 7 nitrogen and oxygen atoms in total. The van der Waals surface area contributed by atoms with E-state index in [1.54, 1.807) is 0 Å². The summed E-state index contributed by atoms with van der Waals surface area (Å²) < 4.78 is 1.94. The molecule has 0 aliphatic carbocycles. The summed E-state index contributed by atoms with van der Waals surface area (Å²) in [6.45, 7) is 6.73. The second-order valence-corrected chi connectivity index (χ2v) is 6.56. The van der Waals surface area contributed by atoms with Crippen LogP contribution in [0.4, 0.5) is 0 Å². The van der Waals surface area contributed by atoms with Gasteiger partial charge < -0.3 is 5.11 Å². The van der Waals surface area contributed by atoms with Crippen molar-refractivity contribution in [1.29, 1.82) is 0 Å². The first kappa shape index (κ1) is 17.5. The molecule has 3 rings (SSSR count). The maximum atomic E-state index is 10.8. The Morgan fingerprint density at radius 1 is 1.40 bits per heavy atom. The minimum absolute atomic E-state index is 0.0977. The number of carbonyl (C=O) groups is 1. The third-order valence-electron chi connectivity index (χ3n) is 4.61. The van der Waals surface area contributed by atoms with Gasteiger partial charge in [-0.2, -0.15) is 5.10 Å². The van der Waals surface area contributed by atoms with Crippen molar-refractivity contribution in [3.63, 3.8) is 0 Å². The van der Waals surface area contributed by atoms with Crippen LogP contribution in [0.15, 0.2) is 18.5 Å². The predicted octanol–water partition coefficient (Wildman–Crippen LogP) is 2.36. The Morgan fingerprint density at radius 3 is 2.96 bits per heavy atom. The molecule has 0 radical (unpaired) electrons. The van der Waals surface area contributed by atoms with Gasteiger partial charge >= 0.3 is 5.97 Å². The molecule has 2 aromatic heterocycles. The normalized spacial score (nSPS) is 17.9. The fourth-order valence-electron chi connectivity index (χ4n) is 3.43. The van der Waals surface area contributed by atoms with Crippen LogP contribution < -0.4 is 0 Å². The Balaban J connectivity index is 1.75. The van der Waals surface area contributed by atoms with Crippen molar-refractivity contribution in [3.05, 3.63) is 41.2 Å². The topological polar surface area (TPSA) is 84.1 Å². The van der Waals surface area contributed by atoms with Crippen LogP contribution in [0.2, 0.25) is 0 Å². The molecule has 0 unspecified atom stereocenters. The van der Waals surface area contributed by atoms with E-state index in [9.17, 15) is 4.79 Å². The van der Waals surface area contributed by atoms with Crippen molar-refractivity contribution in [3.8, 4) is 0 Å². The molecule has 1 aliphatic heterocycles. The van der Waals surface area contributed by atoms with Crippen LogP contribution in [0.25, 0.3) is 0 Å². The third-order valence-corrected chi connectivity index (χ3v) is 4.61. The van der Waals surface area contributed by atoms with Crippen LogP contribution in [0.3, 0.4) is 0 Å². The van der Waals surface area contributed by atoms with E-state index in [1.165, 1.54) is 5.56 Å². The first-order valence-electron chi connectivity index (χ1n) is 8.86. The number of carboxylic acid groups (broad SMARTS) is 1. The second-order valence-electron chi connectivity index (χ2n) is 6.56. The van der Waals surface area contributed by atoms with Crippen LogP contribution >= 0.6 is 0 Å². The molecule has 0 amide bonds. The number of carboxylic acids is 1. The maximum absolute atomic E-state index is 10.8.